The lowest BCUT2D eigenvalue weighted by Gasteiger charge is -2.14. The summed E-state index contributed by atoms with van der Waals surface area (Å²) in [5.41, 5.74) is 1.33. The van der Waals surface area contributed by atoms with Gasteiger partial charge in [0.2, 0.25) is 5.78 Å². The van der Waals surface area contributed by atoms with Gasteiger partial charge in [-0.2, -0.15) is 5.26 Å². The fourth-order valence-corrected chi connectivity index (χ4v) is 3.74. The maximum atomic E-state index is 13.1. The molecular formula is C21H15FN2O3S. The molecule has 0 N–H and O–H groups in total. The molecule has 0 unspecified atom stereocenters. The number of hydrogen-bond acceptors (Lipinski definition) is 6. The van der Waals surface area contributed by atoms with Gasteiger partial charge < -0.3 is 9.64 Å². The first-order valence-electron chi connectivity index (χ1n) is 8.28. The van der Waals surface area contributed by atoms with Gasteiger partial charge in [-0.25, -0.2) is 9.18 Å². The molecule has 0 aromatic heterocycles. The highest BCUT2D eigenvalue weighted by Gasteiger charge is 2.28. The van der Waals surface area contributed by atoms with Crippen LogP contribution in [0.3, 0.4) is 0 Å². The van der Waals surface area contributed by atoms with Crippen LogP contribution in [0.15, 0.2) is 70.1 Å². The number of benzene rings is 2. The highest BCUT2D eigenvalue weighted by molar-refractivity contribution is 8.03. The van der Waals surface area contributed by atoms with E-state index in [-0.39, 0.29) is 5.57 Å². The van der Waals surface area contributed by atoms with Crippen LogP contribution in [0.5, 0.6) is 0 Å². The number of ketones is 1. The second-order valence-corrected chi connectivity index (χ2v) is 6.87. The first-order chi connectivity index (χ1) is 13.5. The van der Waals surface area contributed by atoms with Gasteiger partial charge in [-0.05, 0) is 35.9 Å². The molecule has 1 aliphatic heterocycles. The lowest BCUT2D eigenvalue weighted by Crippen LogP contribution is -2.19. The lowest BCUT2D eigenvalue weighted by atomic mass is 10.2. The highest BCUT2D eigenvalue weighted by Crippen LogP contribution is 2.46. The molecular weight excluding hydrogens is 379 g/mol. The summed E-state index contributed by atoms with van der Waals surface area (Å²) in [6, 6.07) is 15.2. The molecule has 0 atom stereocenters. The van der Waals surface area contributed by atoms with Gasteiger partial charge in [0.05, 0.1) is 5.69 Å². The molecule has 7 heteroatoms. The smallest absolute Gasteiger partial charge is 0.331 e. The molecule has 3 rings (SSSR count). The number of thioether (sulfide) groups is 1. The molecule has 0 saturated heterocycles. The quantitative estimate of drug-likeness (QED) is 0.435. The van der Waals surface area contributed by atoms with Gasteiger partial charge in [0.1, 0.15) is 22.5 Å². The van der Waals surface area contributed by atoms with Crippen molar-refractivity contribution < 1.29 is 18.7 Å². The Hall–Kier alpha value is -3.37. The van der Waals surface area contributed by atoms with Crippen molar-refractivity contribution in [2.75, 3.05) is 18.6 Å². The van der Waals surface area contributed by atoms with Gasteiger partial charge >= 0.3 is 5.97 Å². The minimum Gasteiger partial charge on any atom is -0.454 e. The summed E-state index contributed by atoms with van der Waals surface area (Å²) in [5, 5.41) is 9.94. The molecule has 0 aliphatic carbocycles. The third-order valence-electron chi connectivity index (χ3n) is 3.95. The van der Waals surface area contributed by atoms with Crippen LogP contribution in [0.25, 0.3) is 6.08 Å². The molecule has 0 saturated carbocycles. The Labute approximate surface area is 165 Å². The zero-order valence-electron chi connectivity index (χ0n) is 14.9. The van der Waals surface area contributed by atoms with Crippen molar-refractivity contribution in [3.63, 3.8) is 0 Å². The largest absolute Gasteiger partial charge is 0.454 e. The summed E-state index contributed by atoms with van der Waals surface area (Å²) in [5.74, 6) is -1.76. The molecule has 5 nitrogen and oxygen atoms in total. The number of para-hydroxylation sites is 1. The van der Waals surface area contributed by atoms with E-state index >= 15 is 0 Å². The molecule has 0 fully saturated rings. The number of carbonyl (C=O) groups excluding carboxylic acids is 2. The Kier molecular flexibility index (Phi) is 5.92. The molecule has 0 spiro atoms. The van der Waals surface area contributed by atoms with Crippen LogP contribution in [0.4, 0.5) is 10.1 Å². The SMILES string of the molecule is CN1/C(=C(\C#N)C(=O)COC(=O)/C=C/c2cccc(F)c2)Sc2ccccc21. The number of ether oxygens (including phenoxy) is 1. The minimum absolute atomic E-state index is 0.0642. The second kappa shape index (κ2) is 8.55. The number of rotatable bonds is 5. The third kappa shape index (κ3) is 4.30. The van der Waals surface area contributed by atoms with Crippen LogP contribution in [0.1, 0.15) is 5.56 Å². The van der Waals surface area contributed by atoms with Crippen molar-refractivity contribution in [2.24, 2.45) is 0 Å². The maximum Gasteiger partial charge on any atom is 0.331 e. The van der Waals surface area contributed by atoms with Crippen molar-refractivity contribution in [1.82, 2.24) is 0 Å². The normalized spacial score (nSPS) is 14.5. The Balaban J connectivity index is 1.65. The Morgan fingerprint density at radius 2 is 2.04 bits per heavy atom. The number of esters is 1. The number of nitrogens with zero attached hydrogens (tertiary/aromatic N) is 2. The Bertz CT molecular complexity index is 1040. The molecule has 140 valence electrons. The van der Waals surface area contributed by atoms with Gasteiger partial charge in [0.15, 0.2) is 6.61 Å². The fourth-order valence-electron chi connectivity index (χ4n) is 2.58. The summed E-state index contributed by atoms with van der Waals surface area (Å²) in [4.78, 5) is 26.9. The monoisotopic (exact) mass is 394 g/mol. The zero-order valence-corrected chi connectivity index (χ0v) is 15.7. The molecule has 1 aliphatic rings. The third-order valence-corrected chi connectivity index (χ3v) is 5.18. The van der Waals surface area contributed by atoms with Crippen LogP contribution in [-0.4, -0.2) is 25.4 Å². The minimum atomic E-state index is -0.754. The summed E-state index contributed by atoms with van der Waals surface area (Å²) in [6.07, 6.45) is 2.49. The molecule has 2 aromatic carbocycles. The number of carbonyl (C=O) groups is 2. The van der Waals surface area contributed by atoms with Crippen molar-refractivity contribution >= 4 is 35.3 Å². The molecule has 0 radical (unpaired) electrons. The topological polar surface area (TPSA) is 70.4 Å². The van der Waals surface area contributed by atoms with E-state index in [0.717, 1.165) is 16.7 Å². The van der Waals surface area contributed by atoms with Gasteiger partial charge in [0, 0.05) is 18.0 Å². The average Bonchev–Trinajstić information content (AvgIpc) is 3.02. The molecule has 28 heavy (non-hydrogen) atoms. The predicted molar refractivity (Wildman–Crippen MR) is 105 cm³/mol. The molecule has 0 bridgehead atoms. The second-order valence-electron chi connectivity index (χ2n) is 5.84. The first kappa shape index (κ1) is 19.4. The predicted octanol–water partition coefficient (Wildman–Crippen LogP) is 3.93. The van der Waals surface area contributed by atoms with E-state index in [4.69, 9.17) is 4.74 Å². The number of anilines is 1. The van der Waals surface area contributed by atoms with Crippen LogP contribution < -0.4 is 4.90 Å². The zero-order chi connectivity index (χ0) is 20.1. The van der Waals surface area contributed by atoms with E-state index < -0.39 is 24.2 Å². The van der Waals surface area contributed by atoms with E-state index in [1.54, 1.807) is 18.0 Å². The van der Waals surface area contributed by atoms with E-state index in [1.807, 2.05) is 30.3 Å². The summed E-state index contributed by atoms with van der Waals surface area (Å²) < 4.78 is 18.0. The average molecular weight is 394 g/mol. The van der Waals surface area contributed by atoms with Crippen molar-refractivity contribution in [3.05, 3.63) is 76.6 Å². The number of Topliss-reactive ketones (excluding diaryl/α,β-unsaturated/α-hetero) is 1. The standard InChI is InChI=1S/C21H15FN2O3S/c1-24-17-7-2-3-8-19(17)28-21(24)16(12-23)18(25)13-27-20(26)10-9-14-5-4-6-15(22)11-14/h2-11H,13H2,1H3/b10-9+,21-16-. The number of hydrogen-bond donors (Lipinski definition) is 0. The van der Waals surface area contributed by atoms with E-state index in [0.29, 0.717) is 10.6 Å². The summed E-state index contributed by atoms with van der Waals surface area (Å²) >= 11 is 1.32. The van der Waals surface area contributed by atoms with Gasteiger partial charge in [0.25, 0.3) is 0 Å². The highest BCUT2D eigenvalue weighted by atomic mass is 32.2. The lowest BCUT2D eigenvalue weighted by molar-refractivity contribution is -0.141. The summed E-state index contributed by atoms with van der Waals surface area (Å²) in [6.45, 7) is -0.552. The van der Waals surface area contributed by atoms with Crippen molar-refractivity contribution in [2.45, 2.75) is 4.90 Å². The maximum absolute atomic E-state index is 13.1. The first-order valence-corrected chi connectivity index (χ1v) is 9.10. The van der Waals surface area contributed by atoms with Crippen LogP contribution >= 0.6 is 11.8 Å². The van der Waals surface area contributed by atoms with Gasteiger partial charge in [-0.1, -0.05) is 36.0 Å². The Morgan fingerprint density at radius 3 is 2.75 bits per heavy atom. The number of nitriles is 1. The number of halogens is 1. The van der Waals surface area contributed by atoms with Crippen molar-refractivity contribution in [3.8, 4) is 6.07 Å². The van der Waals surface area contributed by atoms with E-state index in [9.17, 15) is 19.2 Å². The fraction of sp³-hybridized carbons (Fsp3) is 0.0952. The molecule has 2 aromatic rings. The van der Waals surface area contributed by atoms with Crippen LogP contribution in [0.2, 0.25) is 0 Å². The Morgan fingerprint density at radius 1 is 1.25 bits per heavy atom. The summed E-state index contributed by atoms with van der Waals surface area (Å²) in [7, 11) is 1.77. The van der Waals surface area contributed by atoms with E-state index in [2.05, 4.69) is 0 Å². The van der Waals surface area contributed by atoms with E-state index in [1.165, 1.54) is 36.0 Å². The van der Waals surface area contributed by atoms with Crippen molar-refractivity contribution in [1.29, 1.82) is 5.26 Å². The van der Waals surface area contributed by atoms with Gasteiger partial charge in [-0.3, -0.25) is 4.79 Å². The van der Waals surface area contributed by atoms with Crippen LogP contribution in [0, 0.1) is 17.1 Å². The molecule has 0 amide bonds. The van der Waals surface area contributed by atoms with Gasteiger partial charge in [-0.15, -0.1) is 0 Å². The molecule has 1 heterocycles. The van der Waals surface area contributed by atoms with Crippen LogP contribution in [-0.2, 0) is 14.3 Å². The number of fused-ring (bicyclic) bond motifs is 1.